The smallest absolute Gasteiger partial charge is 0.224 e. The van der Waals surface area contributed by atoms with Crippen LogP contribution in [-0.4, -0.2) is 10.9 Å². The quantitative estimate of drug-likeness (QED) is 0.777. The van der Waals surface area contributed by atoms with Gasteiger partial charge in [0.25, 0.3) is 0 Å². The number of rotatable bonds is 5. The van der Waals surface area contributed by atoms with Crippen molar-refractivity contribution < 1.29 is 13.6 Å². The van der Waals surface area contributed by atoms with Gasteiger partial charge in [0, 0.05) is 31.0 Å². The summed E-state index contributed by atoms with van der Waals surface area (Å²) in [6.45, 7) is 1.80. The molecular weight excluding hydrogens is 280 g/mol. The Hall–Kier alpha value is -2.82. The molecule has 1 N–H and O–H groups in total. The van der Waals surface area contributed by atoms with Crippen LogP contribution in [0, 0.1) is 6.92 Å². The Morgan fingerprint density at radius 3 is 2.64 bits per heavy atom. The highest BCUT2D eigenvalue weighted by atomic mass is 16.3. The summed E-state index contributed by atoms with van der Waals surface area (Å²) in [6, 6.07) is 11.2. The molecule has 3 rings (SSSR count). The maximum absolute atomic E-state index is 11.9. The number of benzene rings is 1. The third-order valence-corrected chi connectivity index (χ3v) is 3.26. The first-order valence-corrected chi connectivity index (χ1v) is 7.05. The van der Waals surface area contributed by atoms with E-state index in [2.05, 4.69) is 10.3 Å². The number of nitrogens with one attached hydrogen (secondary N) is 1. The predicted molar refractivity (Wildman–Crippen MR) is 82.3 cm³/mol. The zero-order valence-corrected chi connectivity index (χ0v) is 12.2. The molecule has 0 saturated heterocycles. The fourth-order valence-electron chi connectivity index (χ4n) is 2.14. The third-order valence-electron chi connectivity index (χ3n) is 3.26. The molecule has 0 atom stereocenters. The van der Waals surface area contributed by atoms with Crippen molar-refractivity contribution in [2.24, 2.45) is 0 Å². The normalized spacial score (nSPS) is 10.6. The Kier molecular flexibility index (Phi) is 4.05. The average Bonchev–Trinajstić information content (AvgIpc) is 3.17. The molecule has 0 spiro atoms. The van der Waals surface area contributed by atoms with Crippen molar-refractivity contribution in [2.45, 2.75) is 19.8 Å². The molecule has 0 unspecified atom stereocenters. The summed E-state index contributed by atoms with van der Waals surface area (Å²) in [7, 11) is 0. The number of hydrogen-bond acceptors (Lipinski definition) is 4. The summed E-state index contributed by atoms with van der Waals surface area (Å²) < 4.78 is 10.4. The molecule has 5 nitrogen and oxygen atoms in total. The molecule has 0 bridgehead atoms. The molecule has 5 heteroatoms. The van der Waals surface area contributed by atoms with Crippen molar-refractivity contribution in [3.63, 3.8) is 0 Å². The van der Waals surface area contributed by atoms with Gasteiger partial charge in [-0.15, -0.1) is 0 Å². The number of carbonyl (C=O) groups is 1. The van der Waals surface area contributed by atoms with Crippen LogP contribution in [0.3, 0.4) is 0 Å². The minimum Gasteiger partial charge on any atom is -0.469 e. The number of aromatic nitrogens is 1. The standard InChI is InChI=1S/C17H16N2O3/c1-12-18-16(11-22-12)13-4-6-14(7-5-13)19-17(20)9-8-15-3-2-10-21-15/h2-7,10-11H,8-9H2,1H3,(H,19,20). The summed E-state index contributed by atoms with van der Waals surface area (Å²) in [5.74, 6) is 1.40. The summed E-state index contributed by atoms with van der Waals surface area (Å²) in [4.78, 5) is 16.2. The summed E-state index contributed by atoms with van der Waals surface area (Å²) >= 11 is 0. The first-order valence-electron chi connectivity index (χ1n) is 7.05. The van der Waals surface area contributed by atoms with E-state index >= 15 is 0 Å². The van der Waals surface area contributed by atoms with Gasteiger partial charge in [-0.3, -0.25) is 4.79 Å². The van der Waals surface area contributed by atoms with E-state index in [1.165, 1.54) is 0 Å². The van der Waals surface area contributed by atoms with Crippen LogP contribution >= 0.6 is 0 Å². The lowest BCUT2D eigenvalue weighted by Crippen LogP contribution is -2.12. The summed E-state index contributed by atoms with van der Waals surface area (Å²) in [5, 5.41) is 2.86. The van der Waals surface area contributed by atoms with E-state index in [1.807, 2.05) is 36.4 Å². The monoisotopic (exact) mass is 296 g/mol. The Labute approximate surface area is 128 Å². The van der Waals surface area contributed by atoms with E-state index in [0.717, 1.165) is 22.7 Å². The second-order valence-electron chi connectivity index (χ2n) is 4.96. The molecule has 2 aromatic heterocycles. The molecule has 0 radical (unpaired) electrons. The molecule has 0 aliphatic carbocycles. The van der Waals surface area contributed by atoms with Gasteiger partial charge in [0.05, 0.1) is 6.26 Å². The molecular formula is C17H16N2O3. The largest absolute Gasteiger partial charge is 0.469 e. The zero-order chi connectivity index (χ0) is 15.4. The zero-order valence-electron chi connectivity index (χ0n) is 12.2. The van der Waals surface area contributed by atoms with E-state index in [1.54, 1.807) is 19.5 Å². The Balaban J connectivity index is 1.57. The highest BCUT2D eigenvalue weighted by Gasteiger charge is 2.06. The van der Waals surface area contributed by atoms with Gasteiger partial charge in [-0.25, -0.2) is 4.98 Å². The van der Waals surface area contributed by atoms with Crippen LogP contribution in [0.4, 0.5) is 5.69 Å². The van der Waals surface area contributed by atoms with Gasteiger partial charge < -0.3 is 14.2 Å². The lowest BCUT2D eigenvalue weighted by atomic mass is 10.1. The van der Waals surface area contributed by atoms with Gasteiger partial charge in [-0.05, 0) is 24.3 Å². The molecule has 0 fully saturated rings. The third kappa shape index (κ3) is 3.44. The summed E-state index contributed by atoms with van der Waals surface area (Å²) in [5.41, 5.74) is 2.49. The molecule has 0 aliphatic heterocycles. The van der Waals surface area contributed by atoms with Crippen LogP contribution in [0.5, 0.6) is 0 Å². The first kappa shape index (κ1) is 14.1. The molecule has 112 valence electrons. The molecule has 1 aromatic carbocycles. The van der Waals surface area contributed by atoms with Gasteiger partial charge in [0.2, 0.25) is 5.91 Å². The van der Waals surface area contributed by atoms with E-state index in [4.69, 9.17) is 8.83 Å². The number of nitrogens with zero attached hydrogens (tertiary/aromatic N) is 1. The van der Waals surface area contributed by atoms with Crippen LogP contribution in [0.1, 0.15) is 18.1 Å². The Morgan fingerprint density at radius 1 is 1.18 bits per heavy atom. The second-order valence-corrected chi connectivity index (χ2v) is 4.96. The van der Waals surface area contributed by atoms with Crippen LogP contribution in [-0.2, 0) is 11.2 Å². The average molecular weight is 296 g/mol. The molecule has 2 heterocycles. The Morgan fingerprint density at radius 2 is 2.00 bits per heavy atom. The SMILES string of the molecule is Cc1nc(-c2ccc(NC(=O)CCc3ccco3)cc2)co1. The minimum absolute atomic E-state index is 0.0403. The maximum atomic E-state index is 11.9. The molecule has 1 amide bonds. The van der Waals surface area contributed by atoms with Crippen molar-refractivity contribution in [3.05, 3.63) is 60.6 Å². The number of anilines is 1. The van der Waals surface area contributed by atoms with Crippen molar-refractivity contribution in [3.8, 4) is 11.3 Å². The van der Waals surface area contributed by atoms with E-state index in [-0.39, 0.29) is 5.91 Å². The summed E-state index contributed by atoms with van der Waals surface area (Å²) in [6.07, 6.45) is 4.21. The van der Waals surface area contributed by atoms with Crippen LogP contribution < -0.4 is 5.32 Å². The van der Waals surface area contributed by atoms with Gasteiger partial charge in [0.15, 0.2) is 5.89 Å². The number of hydrogen-bond donors (Lipinski definition) is 1. The first-order chi connectivity index (χ1) is 10.7. The van der Waals surface area contributed by atoms with Crippen molar-refractivity contribution in [1.29, 1.82) is 0 Å². The van der Waals surface area contributed by atoms with Gasteiger partial charge in [0.1, 0.15) is 17.7 Å². The fourth-order valence-corrected chi connectivity index (χ4v) is 2.14. The van der Waals surface area contributed by atoms with Gasteiger partial charge in [-0.2, -0.15) is 0 Å². The lowest BCUT2D eigenvalue weighted by Gasteiger charge is -2.05. The minimum atomic E-state index is -0.0403. The molecule has 3 aromatic rings. The number of aryl methyl sites for hydroxylation is 2. The van der Waals surface area contributed by atoms with Gasteiger partial charge in [-0.1, -0.05) is 12.1 Å². The molecule has 22 heavy (non-hydrogen) atoms. The van der Waals surface area contributed by atoms with Crippen molar-refractivity contribution >= 4 is 11.6 Å². The fraction of sp³-hybridized carbons (Fsp3) is 0.176. The molecule has 0 aliphatic rings. The van der Waals surface area contributed by atoms with Crippen LogP contribution in [0.2, 0.25) is 0 Å². The highest BCUT2D eigenvalue weighted by Crippen LogP contribution is 2.20. The number of carbonyl (C=O) groups excluding carboxylic acids is 1. The van der Waals surface area contributed by atoms with Crippen LogP contribution in [0.25, 0.3) is 11.3 Å². The van der Waals surface area contributed by atoms with Crippen molar-refractivity contribution in [1.82, 2.24) is 4.98 Å². The lowest BCUT2D eigenvalue weighted by molar-refractivity contribution is -0.116. The van der Waals surface area contributed by atoms with Crippen molar-refractivity contribution in [2.75, 3.05) is 5.32 Å². The molecule has 0 saturated carbocycles. The topological polar surface area (TPSA) is 68.3 Å². The predicted octanol–water partition coefficient (Wildman–Crippen LogP) is 3.81. The van der Waals surface area contributed by atoms with E-state index in [0.29, 0.717) is 18.7 Å². The number of oxazole rings is 1. The maximum Gasteiger partial charge on any atom is 0.224 e. The van der Waals surface area contributed by atoms with Gasteiger partial charge >= 0.3 is 0 Å². The number of furan rings is 1. The second kappa shape index (κ2) is 6.30. The van der Waals surface area contributed by atoms with E-state index in [9.17, 15) is 4.79 Å². The Bertz CT molecular complexity index is 743. The van der Waals surface area contributed by atoms with E-state index < -0.39 is 0 Å². The number of amides is 1. The highest BCUT2D eigenvalue weighted by molar-refractivity contribution is 5.91. The van der Waals surface area contributed by atoms with Crippen LogP contribution in [0.15, 0.2) is 57.8 Å².